The zero-order valence-electron chi connectivity index (χ0n) is 12.1. The highest BCUT2D eigenvalue weighted by atomic mass is 32.2. The molecule has 4 N–H and O–H groups in total. The van der Waals surface area contributed by atoms with Gasteiger partial charge in [0.15, 0.2) is 9.84 Å². The van der Waals surface area contributed by atoms with Crippen LogP contribution in [0, 0.1) is 5.41 Å². The maximum Gasteiger partial charge on any atom is 0.251 e. The Balaban J connectivity index is 2.87. The molecule has 0 saturated heterocycles. The van der Waals surface area contributed by atoms with Gasteiger partial charge in [-0.15, -0.1) is 0 Å². The van der Waals surface area contributed by atoms with E-state index in [0.717, 1.165) is 6.26 Å². The number of sulfone groups is 1. The highest BCUT2D eigenvalue weighted by molar-refractivity contribution is 7.90. The number of nitrogens with zero attached hydrogens (tertiary/aromatic N) is 1. The number of carbonyl (C=O) groups is 1. The zero-order chi connectivity index (χ0) is 16.3. The van der Waals surface area contributed by atoms with Crippen molar-refractivity contribution in [2.45, 2.75) is 18.7 Å². The van der Waals surface area contributed by atoms with Gasteiger partial charge in [0.25, 0.3) is 5.91 Å². The molecule has 0 saturated carbocycles. The maximum absolute atomic E-state index is 12.0. The van der Waals surface area contributed by atoms with E-state index in [9.17, 15) is 13.2 Å². The van der Waals surface area contributed by atoms with Crippen LogP contribution in [-0.2, 0) is 9.84 Å². The number of carbonyl (C=O) groups excluding carboxylic acids is 1. The molecule has 0 aliphatic heterocycles. The molecule has 0 heterocycles. The number of amidine groups is 1. The molecule has 1 aromatic carbocycles. The van der Waals surface area contributed by atoms with Crippen molar-refractivity contribution in [3.8, 4) is 0 Å². The van der Waals surface area contributed by atoms with Gasteiger partial charge >= 0.3 is 0 Å². The number of amides is 1. The van der Waals surface area contributed by atoms with Crippen LogP contribution < -0.4 is 11.1 Å². The first-order valence-electron chi connectivity index (χ1n) is 6.14. The van der Waals surface area contributed by atoms with Crippen LogP contribution in [-0.4, -0.2) is 38.2 Å². The van der Waals surface area contributed by atoms with Gasteiger partial charge in [-0.2, -0.15) is 0 Å². The molecule has 0 atom stereocenters. The third-order valence-corrected chi connectivity index (χ3v) is 4.13. The number of oxime groups is 1. The molecule has 0 aliphatic rings. The van der Waals surface area contributed by atoms with Gasteiger partial charge in [0.2, 0.25) is 0 Å². The van der Waals surface area contributed by atoms with Gasteiger partial charge in [-0.05, 0) is 18.2 Å². The summed E-state index contributed by atoms with van der Waals surface area (Å²) in [5, 5.41) is 14.2. The van der Waals surface area contributed by atoms with E-state index in [1.54, 1.807) is 13.8 Å². The van der Waals surface area contributed by atoms with E-state index in [1.807, 2.05) is 0 Å². The highest BCUT2D eigenvalue weighted by Gasteiger charge is 2.24. The molecule has 0 bridgehead atoms. The fourth-order valence-electron chi connectivity index (χ4n) is 1.50. The van der Waals surface area contributed by atoms with Crippen LogP contribution in [0.4, 0.5) is 0 Å². The summed E-state index contributed by atoms with van der Waals surface area (Å²) >= 11 is 0. The second-order valence-corrected chi connectivity index (χ2v) is 7.37. The van der Waals surface area contributed by atoms with Crippen molar-refractivity contribution in [2.24, 2.45) is 16.3 Å². The molecule has 21 heavy (non-hydrogen) atoms. The molecular formula is C13H19N3O4S. The molecule has 0 spiro atoms. The minimum atomic E-state index is -3.37. The van der Waals surface area contributed by atoms with Crippen molar-refractivity contribution < 1.29 is 18.4 Å². The predicted molar refractivity (Wildman–Crippen MR) is 79.1 cm³/mol. The van der Waals surface area contributed by atoms with E-state index in [-0.39, 0.29) is 22.8 Å². The molecule has 116 valence electrons. The van der Waals surface area contributed by atoms with Crippen molar-refractivity contribution in [2.75, 3.05) is 12.8 Å². The Labute approximate surface area is 123 Å². The van der Waals surface area contributed by atoms with Crippen molar-refractivity contribution in [1.82, 2.24) is 5.32 Å². The number of nitrogens with two attached hydrogens (primary N) is 1. The minimum Gasteiger partial charge on any atom is -0.409 e. The molecule has 0 fully saturated rings. The van der Waals surface area contributed by atoms with E-state index in [0.29, 0.717) is 0 Å². The predicted octanol–water partition coefficient (Wildman–Crippen LogP) is 0.593. The lowest BCUT2D eigenvalue weighted by atomic mass is 9.92. The normalized spacial score (nSPS) is 13.0. The number of nitrogens with one attached hydrogen (secondary N) is 1. The molecule has 0 aromatic heterocycles. The Bertz CT molecular complexity index is 666. The summed E-state index contributed by atoms with van der Waals surface area (Å²) in [6, 6.07) is 5.74. The number of hydrogen-bond acceptors (Lipinski definition) is 5. The smallest absolute Gasteiger partial charge is 0.251 e. The molecule has 0 aliphatic carbocycles. The highest BCUT2D eigenvalue weighted by Crippen LogP contribution is 2.15. The van der Waals surface area contributed by atoms with E-state index >= 15 is 0 Å². The fraction of sp³-hybridized carbons (Fsp3) is 0.385. The Morgan fingerprint density at radius 2 is 2.05 bits per heavy atom. The minimum absolute atomic E-state index is 0.00677. The Morgan fingerprint density at radius 3 is 2.57 bits per heavy atom. The van der Waals surface area contributed by atoms with Gasteiger partial charge in [-0.25, -0.2) is 8.42 Å². The monoisotopic (exact) mass is 313 g/mol. The standard InChI is InChI=1S/C13H19N3O4S/c1-13(2,12(14)16-18)8-15-11(17)9-5-4-6-10(7-9)21(3,19)20/h4-7,18H,8H2,1-3H3,(H2,14,16)(H,15,17). The van der Waals surface area contributed by atoms with Crippen LogP contribution in [0.3, 0.4) is 0 Å². The first kappa shape index (κ1) is 17.0. The van der Waals surface area contributed by atoms with Crippen LogP contribution in [0.2, 0.25) is 0 Å². The first-order chi connectivity index (χ1) is 9.58. The van der Waals surface area contributed by atoms with E-state index in [4.69, 9.17) is 10.9 Å². The van der Waals surface area contributed by atoms with Crippen LogP contribution in [0.1, 0.15) is 24.2 Å². The molecule has 0 unspecified atom stereocenters. The number of benzene rings is 1. The van der Waals surface area contributed by atoms with E-state index in [2.05, 4.69) is 10.5 Å². The third kappa shape index (κ3) is 4.45. The average Bonchev–Trinajstić information content (AvgIpc) is 2.43. The Kier molecular flexibility index (Phi) is 4.95. The number of hydrogen-bond donors (Lipinski definition) is 3. The summed E-state index contributed by atoms with van der Waals surface area (Å²) in [6.07, 6.45) is 1.07. The second kappa shape index (κ2) is 6.13. The van der Waals surface area contributed by atoms with Crippen molar-refractivity contribution in [3.63, 3.8) is 0 Å². The summed E-state index contributed by atoms with van der Waals surface area (Å²) in [5.41, 5.74) is 5.03. The molecule has 1 amide bonds. The van der Waals surface area contributed by atoms with Crippen LogP contribution >= 0.6 is 0 Å². The molecule has 1 aromatic rings. The largest absolute Gasteiger partial charge is 0.409 e. The molecule has 0 radical (unpaired) electrons. The summed E-state index contributed by atoms with van der Waals surface area (Å²) in [5.74, 6) is -0.438. The molecule has 1 rings (SSSR count). The topological polar surface area (TPSA) is 122 Å². The number of rotatable bonds is 5. The fourth-order valence-corrected chi connectivity index (χ4v) is 2.16. The van der Waals surface area contributed by atoms with Crippen molar-refractivity contribution in [3.05, 3.63) is 29.8 Å². The lowest BCUT2D eigenvalue weighted by Gasteiger charge is -2.23. The first-order valence-corrected chi connectivity index (χ1v) is 8.03. The average molecular weight is 313 g/mol. The second-order valence-electron chi connectivity index (χ2n) is 5.35. The van der Waals surface area contributed by atoms with Crippen LogP contribution in [0.5, 0.6) is 0 Å². The van der Waals surface area contributed by atoms with Gasteiger partial charge in [0.1, 0.15) is 5.84 Å². The van der Waals surface area contributed by atoms with Gasteiger partial charge in [0.05, 0.1) is 4.90 Å². The summed E-state index contributed by atoms with van der Waals surface area (Å²) in [4.78, 5) is 12.1. The van der Waals surface area contributed by atoms with E-state index < -0.39 is 21.2 Å². The van der Waals surface area contributed by atoms with Gasteiger partial charge in [-0.1, -0.05) is 25.1 Å². The van der Waals surface area contributed by atoms with Gasteiger partial charge in [-0.3, -0.25) is 4.79 Å². The summed E-state index contributed by atoms with van der Waals surface area (Å²) in [7, 11) is -3.37. The maximum atomic E-state index is 12.0. The molecule has 7 nitrogen and oxygen atoms in total. The summed E-state index contributed by atoms with van der Waals surface area (Å²) in [6.45, 7) is 3.55. The molecule has 8 heteroatoms. The van der Waals surface area contributed by atoms with Crippen LogP contribution in [0.15, 0.2) is 34.3 Å². The lowest BCUT2D eigenvalue weighted by molar-refractivity contribution is 0.0944. The molecular weight excluding hydrogens is 294 g/mol. The lowest BCUT2D eigenvalue weighted by Crippen LogP contribution is -2.42. The van der Waals surface area contributed by atoms with Gasteiger partial charge in [0, 0.05) is 23.8 Å². The Hall–Kier alpha value is -2.09. The van der Waals surface area contributed by atoms with Crippen LogP contribution in [0.25, 0.3) is 0 Å². The Morgan fingerprint density at radius 1 is 1.43 bits per heavy atom. The zero-order valence-corrected chi connectivity index (χ0v) is 12.9. The van der Waals surface area contributed by atoms with Crippen molar-refractivity contribution in [1.29, 1.82) is 0 Å². The third-order valence-electron chi connectivity index (χ3n) is 3.02. The quantitative estimate of drug-likeness (QED) is 0.318. The summed E-state index contributed by atoms with van der Waals surface area (Å²) < 4.78 is 22.9. The van der Waals surface area contributed by atoms with E-state index in [1.165, 1.54) is 24.3 Å². The van der Waals surface area contributed by atoms with Crippen molar-refractivity contribution >= 4 is 21.6 Å². The van der Waals surface area contributed by atoms with Gasteiger partial charge < -0.3 is 16.3 Å². The SMILES string of the molecule is CC(C)(CNC(=O)c1cccc(S(C)(=O)=O)c1)/C(N)=N/O.